The van der Waals surface area contributed by atoms with Gasteiger partial charge in [0.1, 0.15) is 10.7 Å². The van der Waals surface area contributed by atoms with Crippen molar-refractivity contribution < 1.29 is 18.0 Å². The molecule has 4 aliphatic rings. The molecule has 1 N–H and O–H groups in total. The zero-order valence-corrected chi connectivity index (χ0v) is 14.8. The van der Waals surface area contributed by atoms with E-state index in [0.29, 0.717) is 6.54 Å². The highest BCUT2D eigenvalue weighted by molar-refractivity contribution is 6.34. The van der Waals surface area contributed by atoms with Crippen molar-refractivity contribution in [1.82, 2.24) is 15.1 Å². The van der Waals surface area contributed by atoms with Gasteiger partial charge >= 0.3 is 6.18 Å². The van der Waals surface area contributed by atoms with Crippen LogP contribution in [0.4, 0.5) is 13.2 Å². The summed E-state index contributed by atoms with van der Waals surface area (Å²) in [6, 6.07) is 0. The second-order valence-electron chi connectivity index (χ2n) is 8.23. The van der Waals surface area contributed by atoms with Crippen molar-refractivity contribution in [2.75, 3.05) is 6.54 Å². The fourth-order valence-corrected chi connectivity index (χ4v) is 6.14. The van der Waals surface area contributed by atoms with Crippen LogP contribution in [-0.4, -0.2) is 22.2 Å². The molecule has 1 heterocycles. The van der Waals surface area contributed by atoms with Crippen LogP contribution in [0.5, 0.6) is 0 Å². The molecule has 4 nitrogen and oxygen atoms in total. The lowest BCUT2D eigenvalue weighted by Gasteiger charge is -2.56. The molecule has 25 heavy (non-hydrogen) atoms. The van der Waals surface area contributed by atoms with Crippen molar-refractivity contribution in [1.29, 1.82) is 0 Å². The van der Waals surface area contributed by atoms with Crippen molar-refractivity contribution in [2.24, 2.45) is 30.2 Å². The van der Waals surface area contributed by atoms with Gasteiger partial charge in [-0.25, -0.2) is 0 Å². The molecule has 0 spiro atoms. The summed E-state index contributed by atoms with van der Waals surface area (Å²) in [5.41, 5.74) is -1.32. The fourth-order valence-electron chi connectivity index (χ4n) is 5.78. The molecular weight excluding hydrogens is 355 g/mol. The van der Waals surface area contributed by atoms with Crippen LogP contribution in [0.2, 0.25) is 5.02 Å². The van der Waals surface area contributed by atoms with Crippen LogP contribution >= 0.6 is 11.6 Å². The van der Waals surface area contributed by atoms with Gasteiger partial charge in [0, 0.05) is 13.6 Å². The predicted molar refractivity (Wildman–Crippen MR) is 86.2 cm³/mol. The van der Waals surface area contributed by atoms with E-state index in [-0.39, 0.29) is 11.1 Å². The third-order valence-electron chi connectivity index (χ3n) is 6.26. The molecule has 0 unspecified atom stereocenters. The van der Waals surface area contributed by atoms with Crippen molar-refractivity contribution in [3.05, 3.63) is 16.4 Å². The van der Waals surface area contributed by atoms with Crippen LogP contribution in [0.25, 0.3) is 0 Å². The van der Waals surface area contributed by atoms with Gasteiger partial charge in [0.15, 0.2) is 5.69 Å². The van der Waals surface area contributed by atoms with Gasteiger partial charge in [-0.15, -0.1) is 0 Å². The number of carbonyl (C=O) groups excluding carboxylic acids is 1. The number of aryl methyl sites for hydroxylation is 1. The molecule has 5 rings (SSSR count). The topological polar surface area (TPSA) is 46.9 Å². The van der Waals surface area contributed by atoms with E-state index in [1.54, 1.807) is 0 Å². The molecule has 0 aromatic carbocycles. The molecule has 4 bridgehead atoms. The van der Waals surface area contributed by atoms with Gasteiger partial charge in [-0.1, -0.05) is 11.6 Å². The molecule has 1 aromatic rings. The Morgan fingerprint density at radius 3 is 2.20 bits per heavy atom. The van der Waals surface area contributed by atoms with Gasteiger partial charge in [-0.2, -0.15) is 18.3 Å². The average molecular weight is 376 g/mol. The Morgan fingerprint density at radius 2 is 1.76 bits per heavy atom. The molecule has 1 aromatic heterocycles. The predicted octanol–water partition coefficient (Wildman–Crippen LogP) is 4.04. The van der Waals surface area contributed by atoms with Gasteiger partial charge in [-0.05, 0) is 61.7 Å². The summed E-state index contributed by atoms with van der Waals surface area (Å²) in [4.78, 5) is 12.5. The number of hydrogen-bond acceptors (Lipinski definition) is 2. The fraction of sp³-hybridized carbons (Fsp3) is 0.765. The summed E-state index contributed by atoms with van der Waals surface area (Å²) in [5, 5.41) is 5.60. The molecule has 1 amide bonds. The number of hydrogen-bond donors (Lipinski definition) is 1. The molecule has 8 heteroatoms. The smallest absolute Gasteiger partial charge is 0.350 e. The number of nitrogens with zero attached hydrogens (tertiary/aromatic N) is 2. The van der Waals surface area contributed by atoms with Crippen LogP contribution in [0.3, 0.4) is 0 Å². The molecule has 4 aliphatic carbocycles. The van der Waals surface area contributed by atoms with E-state index in [2.05, 4.69) is 10.4 Å². The number of amides is 1. The SMILES string of the molecule is Cn1nc(C(F)(F)F)c(Cl)c1C(=O)NCC12CC3CC(CC(C3)C1)C2. The van der Waals surface area contributed by atoms with Gasteiger partial charge in [0.25, 0.3) is 5.91 Å². The zero-order valence-electron chi connectivity index (χ0n) is 14.0. The lowest BCUT2D eigenvalue weighted by Crippen LogP contribution is -2.51. The Hall–Kier alpha value is -1.24. The number of carbonyl (C=O) groups is 1. The Balaban J connectivity index is 1.49. The first-order valence-electron chi connectivity index (χ1n) is 8.75. The first-order chi connectivity index (χ1) is 11.7. The summed E-state index contributed by atoms with van der Waals surface area (Å²) in [6.45, 7) is 0.512. The zero-order chi connectivity index (χ0) is 18.0. The number of nitrogens with one attached hydrogen (secondary N) is 1. The number of rotatable bonds is 3. The third kappa shape index (κ3) is 2.94. The van der Waals surface area contributed by atoms with Gasteiger partial charge in [-0.3, -0.25) is 9.48 Å². The van der Waals surface area contributed by atoms with Crippen LogP contribution in [-0.2, 0) is 13.2 Å². The third-order valence-corrected chi connectivity index (χ3v) is 6.62. The van der Waals surface area contributed by atoms with Crippen LogP contribution in [0.15, 0.2) is 0 Å². The number of halogens is 4. The van der Waals surface area contributed by atoms with Crippen LogP contribution < -0.4 is 5.32 Å². The summed E-state index contributed by atoms with van der Waals surface area (Å²) < 4.78 is 39.6. The molecule has 0 saturated heterocycles. The van der Waals surface area contributed by atoms with Crippen molar-refractivity contribution in [3.8, 4) is 0 Å². The first kappa shape index (κ1) is 17.2. The second kappa shape index (κ2) is 5.63. The van der Waals surface area contributed by atoms with E-state index in [0.717, 1.165) is 41.7 Å². The highest BCUT2D eigenvalue weighted by Gasteiger charge is 2.51. The maximum Gasteiger partial charge on any atom is 0.436 e. The largest absolute Gasteiger partial charge is 0.436 e. The molecule has 4 saturated carbocycles. The maximum atomic E-state index is 12.9. The lowest BCUT2D eigenvalue weighted by molar-refractivity contribution is -0.141. The first-order valence-corrected chi connectivity index (χ1v) is 9.12. The highest BCUT2D eigenvalue weighted by Crippen LogP contribution is 2.59. The van der Waals surface area contributed by atoms with E-state index < -0.39 is 22.8 Å². The Labute approximate surface area is 149 Å². The molecule has 4 fully saturated rings. The van der Waals surface area contributed by atoms with Gasteiger partial charge in [0.2, 0.25) is 0 Å². The highest BCUT2D eigenvalue weighted by atomic mass is 35.5. The number of aromatic nitrogens is 2. The monoisotopic (exact) mass is 375 g/mol. The van der Waals surface area contributed by atoms with Crippen molar-refractivity contribution in [2.45, 2.75) is 44.7 Å². The minimum absolute atomic E-state index is 0.113. The van der Waals surface area contributed by atoms with Crippen molar-refractivity contribution >= 4 is 17.5 Å². The molecule has 0 aliphatic heterocycles. The summed E-state index contributed by atoms with van der Waals surface area (Å²) in [5.74, 6) is 1.67. The van der Waals surface area contributed by atoms with Gasteiger partial charge < -0.3 is 5.32 Å². The van der Waals surface area contributed by atoms with E-state index in [1.807, 2.05) is 0 Å². The number of alkyl halides is 3. The van der Waals surface area contributed by atoms with Crippen LogP contribution in [0.1, 0.15) is 54.7 Å². The van der Waals surface area contributed by atoms with E-state index in [4.69, 9.17) is 11.6 Å². The summed E-state index contributed by atoms with van der Waals surface area (Å²) in [6.07, 6.45) is 2.58. The summed E-state index contributed by atoms with van der Waals surface area (Å²) >= 11 is 5.80. The quantitative estimate of drug-likeness (QED) is 0.866. The normalized spacial score (nSPS) is 33.7. The van der Waals surface area contributed by atoms with E-state index in [9.17, 15) is 18.0 Å². The van der Waals surface area contributed by atoms with Crippen molar-refractivity contribution in [3.63, 3.8) is 0 Å². The minimum Gasteiger partial charge on any atom is -0.350 e. The van der Waals surface area contributed by atoms with Gasteiger partial charge in [0.05, 0.1) is 0 Å². The molecule has 0 atom stereocenters. The van der Waals surface area contributed by atoms with E-state index >= 15 is 0 Å². The standard InChI is InChI=1S/C17H21ClF3N3O/c1-24-13(12(18)14(23-24)17(19,20)21)15(25)22-8-16-5-9-2-10(6-16)4-11(3-9)7-16/h9-11H,2-8H2,1H3,(H,22,25). The Bertz CT molecular complexity index is 677. The average Bonchev–Trinajstić information content (AvgIpc) is 2.79. The molecular formula is C17H21ClF3N3O. The lowest BCUT2D eigenvalue weighted by atomic mass is 9.49. The molecule has 0 radical (unpaired) electrons. The Kier molecular flexibility index (Phi) is 3.87. The second-order valence-corrected chi connectivity index (χ2v) is 8.61. The van der Waals surface area contributed by atoms with E-state index in [1.165, 1.54) is 26.3 Å². The molecule has 138 valence electrons. The minimum atomic E-state index is -4.67. The van der Waals surface area contributed by atoms with Crippen LogP contribution in [0, 0.1) is 23.2 Å². The summed E-state index contributed by atoms with van der Waals surface area (Å²) in [7, 11) is 1.31. The maximum absolute atomic E-state index is 12.9. The Morgan fingerprint density at radius 1 is 1.24 bits per heavy atom.